The Morgan fingerprint density at radius 2 is 1.74 bits per heavy atom. The Labute approximate surface area is 183 Å². The largest absolute Gasteiger partial charge is 0.356 e. The lowest BCUT2D eigenvalue weighted by Crippen LogP contribution is -2.43. The minimum Gasteiger partial charge on any atom is -0.356 e. The van der Waals surface area contributed by atoms with Gasteiger partial charge in [-0.05, 0) is 43.5 Å². The van der Waals surface area contributed by atoms with Crippen molar-refractivity contribution in [2.75, 3.05) is 19.6 Å². The molecule has 2 heterocycles. The molecule has 0 aliphatic carbocycles. The first-order valence-corrected chi connectivity index (χ1v) is 11.2. The third-order valence-corrected chi connectivity index (χ3v) is 5.97. The summed E-state index contributed by atoms with van der Waals surface area (Å²) in [6.45, 7) is 4.07. The summed E-state index contributed by atoms with van der Waals surface area (Å²) >= 11 is 0. The molecule has 31 heavy (non-hydrogen) atoms. The number of benzene rings is 2. The molecule has 1 aliphatic heterocycles. The van der Waals surface area contributed by atoms with E-state index in [-0.39, 0.29) is 17.7 Å². The Morgan fingerprint density at radius 1 is 1.03 bits per heavy atom. The summed E-state index contributed by atoms with van der Waals surface area (Å²) in [6.07, 6.45) is 3.42. The Hall–Kier alpha value is -3.15. The van der Waals surface area contributed by atoms with Crippen LogP contribution < -0.4 is 5.32 Å². The van der Waals surface area contributed by atoms with Gasteiger partial charge >= 0.3 is 0 Å². The van der Waals surface area contributed by atoms with Gasteiger partial charge in [0.15, 0.2) is 0 Å². The van der Waals surface area contributed by atoms with Gasteiger partial charge in [0.2, 0.25) is 11.8 Å². The lowest BCUT2D eigenvalue weighted by Gasteiger charge is -2.31. The Bertz CT molecular complexity index is 1040. The highest BCUT2D eigenvalue weighted by Crippen LogP contribution is 2.23. The van der Waals surface area contributed by atoms with E-state index in [4.69, 9.17) is 4.98 Å². The van der Waals surface area contributed by atoms with Gasteiger partial charge in [0.1, 0.15) is 5.82 Å². The van der Waals surface area contributed by atoms with Gasteiger partial charge in [-0.15, -0.1) is 0 Å². The number of nitrogens with one attached hydrogen (secondary N) is 1. The second kappa shape index (κ2) is 9.77. The summed E-state index contributed by atoms with van der Waals surface area (Å²) in [5.74, 6) is 1.19. The molecule has 6 nitrogen and oxygen atoms in total. The van der Waals surface area contributed by atoms with E-state index in [2.05, 4.69) is 28.1 Å². The molecule has 0 radical (unpaired) electrons. The van der Waals surface area contributed by atoms with Gasteiger partial charge in [0, 0.05) is 44.1 Å². The van der Waals surface area contributed by atoms with Crippen LogP contribution in [0.25, 0.3) is 16.7 Å². The average molecular weight is 419 g/mol. The van der Waals surface area contributed by atoms with Crippen molar-refractivity contribution >= 4 is 22.8 Å². The first-order valence-electron chi connectivity index (χ1n) is 11.2. The summed E-state index contributed by atoms with van der Waals surface area (Å²) in [7, 11) is 0. The van der Waals surface area contributed by atoms with Crippen molar-refractivity contribution in [3.63, 3.8) is 0 Å². The lowest BCUT2D eigenvalue weighted by atomic mass is 9.95. The van der Waals surface area contributed by atoms with Crippen LogP contribution in [0.15, 0.2) is 54.6 Å². The van der Waals surface area contributed by atoms with Crippen molar-refractivity contribution in [3.8, 4) is 5.69 Å². The number of fused-ring (bicyclic) bond motifs is 1. The van der Waals surface area contributed by atoms with Crippen molar-refractivity contribution in [1.82, 2.24) is 19.8 Å². The second-order valence-electron chi connectivity index (χ2n) is 8.13. The first kappa shape index (κ1) is 21.1. The molecule has 0 unspecified atom stereocenters. The molecule has 2 amide bonds. The number of aromatic nitrogens is 2. The van der Waals surface area contributed by atoms with Crippen molar-refractivity contribution in [1.29, 1.82) is 0 Å². The maximum atomic E-state index is 12.9. The maximum Gasteiger partial charge on any atom is 0.223 e. The van der Waals surface area contributed by atoms with E-state index in [1.54, 1.807) is 0 Å². The van der Waals surface area contributed by atoms with Crippen LogP contribution in [0.1, 0.15) is 38.4 Å². The number of aryl methyl sites for hydroxylation is 1. The molecule has 162 valence electrons. The van der Waals surface area contributed by atoms with E-state index >= 15 is 0 Å². The molecule has 1 fully saturated rings. The van der Waals surface area contributed by atoms with Gasteiger partial charge in [0.05, 0.1) is 11.0 Å². The first-order chi connectivity index (χ1) is 15.2. The number of hydrogen-bond acceptors (Lipinski definition) is 3. The SMILES string of the molecule is CCCNC(=O)C1CCN(C(=O)CCc2nc3ccccc3n2-c2ccccc2)CC1. The minimum atomic E-state index is 0.0258. The number of imidazole rings is 1. The van der Waals surface area contributed by atoms with Crippen LogP contribution in [0.3, 0.4) is 0 Å². The van der Waals surface area contributed by atoms with Crippen LogP contribution in [-0.2, 0) is 16.0 Å². The van der Waals surface area contributed by atoms with E-state index in [9.17, 15) is 9.59 Å². The van der Waals surface area contributed by atoms with Gasteiger partial charge in [-0.1, -0.05) is 37.3 Å². The molecule has 2 aromatic carbocycles. The topological polar surface area (TPSA) is 67.2 Å². The Kier molecular flexibility index (Phi) is 6.65. The minimum absolute atomic E-state index is 0.0258. The molecule has 4 rings (SSSR count). The number of carbonyl (C=O) groups is 2. The monoisotopic (exact) mass is 418 g/mol. The molecule has 0 spiro atoms. The fraction of sp³-hybridized carbons (Fsp3) is 0.400. The van der Waals surface area contributed by atoms with Crippen LogP contribution >= 0.6 is 0 Å². The van der Waals surface area contributed by atoms with Gasteiger partial charge < -0.3 is 10.2 Å². The lowest BCUT2D eigenvalue weighted by molar-refractivity contribution is -0.135. The van der Waals surface area contributed by atoms with Crippen LogP contribution in [0, 0.1) is 5.92 Å². The van der Waals surface area contributed by atoms with Crippen molar-refractivity contribution in [3.05, 3.63) is 60.4 Å². The summed E-state index contributed by atoms with van der Waals surface area (Å²) in [5.41, 5.74) is 3.04. The fourth-order valence-corrected chi connectivity index (χ4v) is 4.27. The molecule has 1 N–H and O–H groups in total. The van der Waals surface area contributed by atoms with Crippen molar-refractivity contribution in [2.45, 2.75) is 39.0 Å². The summed E-state index contributed by atoms with van der Waals surface area (Å²) in [6, 6.07) is 18.2. The normalized spacial score (nSPS) is 14.7. The third-order valence-electron chi connectivity index (χ3n) is 5.97. The Morgan fingerprint density at radius 3 is 2.48 bits per heavy atom. The summed E-state index contributed by atoms with van der Waals surface area (Å²) < 4.78 is 2.15. The number of likely N-dealkylation sites (tertiary alicyclic amines) is 1. The molecule has 0 atom stereocenters. The molecule has 0 saturated carbocycles. The van der Waals surface area contributed by atoms with E-state index in [1.165, 1.54) is 0 Å². The fourth-order valence-electron chi connectivity index (χ4n) is 4.27. The van der Waals surface area contributed by atoms with E-state index in [0.29, 0.717) is 25.9 Å². The smallest absolute Gasteiger partial charge is 0.223 e. The van der Waals surface area contributed by atoms with E-state index in [1.807, 2.05) is 48.2 Å². The zero-order valence-electron chi connectivity index (χ0n) is 18.1. The zero-order chi connectivity index (χ0) is 21.6. The van der Waals surface area contributed by atoms with Gasteiger partial charge in [-0.3, -0.25) is 14.2 Å². The van der Waals surface area contributed by atoms with Gasteiger partial charge in [0.25, 0.3) is 0 Å². The van der Waals surface area contributed by atoms with E-state index in [0.717, 1.165) is 48.4 Å². The van der Waals surface area contributed by atoms with Crippen LogP contribution in [0.2, 0.25) is 0 Å². The molecule has 1 saturated heterocycles. The quantitative estimate of drug-likeness (QED) is 0.636. The van der Waals surface area contributed by atoms with Crippen molar-refractivity contribution in [2.24, 2.45) is 5.92 Å². The highest BCUT2D eigenvalue weighted by atomic mass is 16.2. The number of rotatable bonds is 7. The summed E-state index contributed by atoms with van der Waals surface area (Å²) in [5, 5.41) is 2.97. The molecule has 3 aromatic rings. The summed E-state index contributed by atoms with van der Waals surface area (Å²) in [4.78, 5) is 31.8. The third kappa shape index (κ3) is 4.79. The number of carbonyl (C=O) groups excluding carboxylic acids is 2. The number of amides is 2. The molecule has 1 aliphatic rings. The predicted molar refractivity (Wildman–Crippen MR) is 122 cm³/mol. The average Bonchev–Trinajstić information content (AvgIpc) is 3.20. The van der Waals surface area contributed by atoms with Gasteiger partial charge in [-0.2, -0.15) is 0 Å². The molecule has 0 bridgehead atoms. The number of hydrogen-bond donors (Lipinski definition) is 1. The standard InChI is InChI=1S/C25H30N4O2/c1-2-16-26-25(31)19-14-17-28(18-15-19)24(30)13-12-23-27-21-10-6-7-11-22(21)29(23)20-8-4-3-5-9-20/h3-11,19H,2,12-18H2,1H3,(H,26,31). The maximum absolute atomic E-state index is 12.9. The number of piperidine rings is 1. The van der Waals surface area contributed by atoms with Crippen LogP contribution in [-0.4, -0.2) is 45.9 Å². The zero-order valence-corrected chi connectivity index (χ0v) is 18.1. The van der Waals surface area contributed by atoms with Crippen LogP contribution in [0.5, 0.6) is 0 Å². The molecule has 6 heteroatoms. The Balaban J connectivity index is 1.41. The van der Waals surface area contributed by atoms with Gasteiger partial charge in [-0.25, -0.2) is 4.98 Å². The van der Waals surface area contributed by atoms with E-state index < -0.39 is 0 Å². The van der Waals surface area contributed by atoms with Crippen LogP contribution in [0.4, 0.5) is 0 Å². The molecular formula is C25H30N4O2. The number of para-hydroxylation sites is 3. The highest BCUT2D eigenvalue weighted by molar-refractivity contribution is 5.81. The second-order valence-corrected chi connectivity index (χ2v) is 8.13. The molecular weight excluding hydrogens is 388 g/mol. The highest BCUT2D eigenvalue weighted by Gasteiger charge is 2.27. The predicted octanol–water partition coefficient (Wildman–Crippen LogP) is 3.72. The number of nitrogens with zero attached hydrogens (tertiary/aromatic N) is 3. The molecule has 1 aromatic heterocycles. The van der Waals surface area contributed by atoms with Crippen molar-refractivity contribution < 1.29 is 9.59 Å².